The number of thiazole rings is 1. The van der Waals surface area contributed by atoms with Crippen molar-refractivity contribution >= 4 is 40.9 Å². The zero-order chi connectivity index (χ0) is 27.4. The van der Waals surface area contributed by atoms with Crippen LogP contribution in [0.1, 0.15) is 57.9 Å². The number of furan rings is 1. The second-order valence-corrected chi connectivity index (χ2v) is 10.1. The topological polar surface area (TPSA) is 86.3 Å². The third kappa shape index (κ3) is 5.31. The summed E-state index contributed by atoms with van der Waals surface area (Å²) in [6.07, 6.45) is 3.02. The number of carbonyl (C=O) groups is 1. The lowest BCUT2D eigenvalue weighted by atomic mass is 9.93. The minimum Gasteiger partial charge on any atom is -0.496 e. The number of methoxy groups -OCH3 is 1. The van der Waals surface area contributed by atoms with Gasteiger partial charge in [-0.2, -0.15) is 0 Å². The van der Waals surface area contributed by atoms with Crippen LogP contribution in [0.2, 0.25) is 5.02 Å². The Morgan fingerprint density at radius 3 is 2.63 bits per heavy atom. The van der Waals surface area contributed by atoms with Gasteiger partial charge >= 0.3 is 5.97 Å². The Morgan fingerprint density at radius 1 is 1.21 bits per heavy atom. The standard InChI is InChI=1S/C28H32ClN3O5S/c1-6-10-20-24(27(34)36-9-4)25(19-15-17(29)11-13-21(19)35-5)32-26(33)22(38-28(32)30-20)16-18-12-14-23(37-18)31(7-2)8-3/h11-16,25H,6-10H2,1-5H3/b22-16+/t25-/m0/s1. The molecule has 202 valence electrons. The molecule has 3 heterocycles. The smallest absolute Gasteiger partial charge is 0.338 e. The monoisotopic (exact) mass is 557 g/mol. The van der Waals surface area contributed by atoms with Gasteiger partial charge in [-0.25, -0.2) is 9.79 Å². The van der Waals surface area contributed by atoms with E-state index in [1.807, 2.05) is 19.1 Å². The molecule has 0 bridgehead atoms. The quantitative estimate of drug-likeness (QED) is 0.336. The molecule has 1 aliphatic rings. The fraction of sp³-hybridized carbons (Fsp3) is 0.393. The maximum atomic E-state index is 13.9. The largest absolute Gasteiger partial charge is 0.496 e. The average molecular weight is 558 g/mol. The Hall–Kier alpha value is -3.30. The summed E-state index contributed by atoms with van der Waals surface area (Å²) in [7, 11) is 1.54. The summed E-state index contributed by atoms with van der Waals surface area (Å²) in [4.78, 5) is 34.6. The summed E-state index contributed by atoms with van der Waals surface area (Å²) in [5, 5.41) is 0.458. The molecule has 0 unspecified atom stereocenters. The first-order valence-electron chi connectivity index (χ1n) is 12.8. The zero-order valence-corrected chi connectivity index (χ0v) is 23.8. The Balaban J connectivity index is 1.98. The number of nitrogens with zero attached hydrogens (tertiary/aromatic N) is 3. The highest BCUT2D eigenvalue weighted by Gasteiger charge is 2.36. The first kappa shape index (κ1) is 27.7. The number of hydrogen-bond donors (Lipinski definition) is 0. The summed E-state index contributed by atoms with van der Waals surface area (Å²) in [5.74, 6) is 1.29. The molecule has 0 amide bonds. The molecule has 8 nitrogen and oxygen atoms in total. The average Bonchev–Trinajstić information content (AvgIpc) is 3.48. The van der Waals surface area contributed by atoms with Gasteiger partial charge in [-0.05, 0) is 51.5 Å². The van der Waals surface area contributed by atoms with Crippen molar-refractivity contribution in [1.29, 1.82) is 0 Å². The maximum absolute atomic E-state index is 13.9. The highest BCUT2D eigenvalue weighted by atomic mass is 35.5. The van der Waals surface area contributed by atoms with Crippen LogP contribution in [0.3, 0.4) is 0 Å². The number of allylic oxidation sites excluding steroid dienone is 1. The van der Waals surface area contributed by atoms with Crippen LogP contribution in [0.25, 0.3) is 6.08 Å². The van der Waals surface area contributed by atoms with E-state index < -0.39 is 12.0 Å². The second-order valence-electron chi connectivity index (χ2n) is 8.65. The summed E-state index contributed by atoms with van der Waals surface area (Å²) < 4.78 is 19.1. The fourth-order valence-corrected chi connectivity index (χ4v) is 5.77. The molecule has 0 fully saturated rings. The number of esters is 1. The number of rotatable bonds is 10. The van der Waals surface area contributed by atoms with Crippen LogP contribution < -0.4 is 24.5 Å². The third-order valence-electron chi connectivity index (χ3n) is 6.34. The third-order valence-corrected chi connectivity index (χ3v) is 7.56. The molecule has 0 saturated carbocycles. The number of carbonyl (C=O) groups excluding carboxylic acids is 1. The number of benzene rings is 1. The lowest BCUT2D eigenvalue weighted by molar-refractivity contribution is -0.139. The van der Waals surface area contributed by atoms with Crippen molar-refractivity contribution in [2.45, 2.75) is 46.6 Å². The van der Waals surface area contributed by atoms with Gasteiger partial charge in [0.05, 0.1) is 29.5 Å². The predicted octanol–water partition coefficient (Wildman–Crippen LogP) is 4.68. The van der Waals surface area contributed by atoms with Crippen LogP contribution in [0.4, 0.5) is 5.88 Å². The lowest BCUT2D eigenvalue weighted by Crippen LogP contribution is -2.40. The molecule has 10 heteroatoms. The van der Waals surface area contributed by atoms with E-state index in [4.69, 9.17) is 30.5 Å². The van der Waals surface area contributed by atoms with E-state index in [0.29, 0.717) is 49.1 Å². The Morgan fingerprint density at radius 2 is 1.97 bits per heavy atom. The van der Waals surface area contributed by atoms with Gasteiger partial charge in [-0.15, -0.1) is 0 Å². The van der Waals surface area contributed by atoms with E-state index in [0.717, 1.165) is 25.4 Å². The van der Waals surface area contributed by atoms with Crippen molar-refractivity contribution in [1.82, 2.24) is 4.57 Å². The van der Waals surface area contributed by atoms with Gasteiger partial charge in [0.2, 0.25) is 0 Å². The second kappa shape index (κ2) is 12.0. The van der Waals surface area contributed by atoms with Crippen molar-refractivity contribution in [3.8, 4) is 5.75 Å². The first-order chi connectivity index (χ1) is 18.4. The minimum absolute atomic E-state index is 0.193. The molecule has 38 heavy (non-hydrogen) atoms. The van der Waals surface area contributed by atoms with Crippen LogP contribution in [-0.4, -0.2) is 37.3 Å². The molecule has 0 radical (unpaired) electrons. The summed E-state index contributed by atoms with van der Waals surface area (Å²) in [6, 6.07) is 8.08. The van der Waals surface area contributed by atoms with Gasteiger partial charge in [0, 0.05) is 35.8 Å². The van der Waals surface area contributed by atoms with E-state index in [-0.39, 0.29) is 12.2 Å². The molecule has 0 spiro atoms. The normalized spacial score (nSPS) is 15.3. The van der Waals surface area contributed by atoms with Crippen molar-refractivity contribution in [3.05, 3.63) is 77.6 Å². The number of fused-ring (bicyclic) bond motifs is 1. The Bertz CT molecular complexity index is 1530. The van der Waals surface area contributed by atoms with Crippen LogP contribution in [0.15, 0.2) is 55.8 Å². The van der Waals surface area contributed by atoms with Crippen molar-refractivity contribution in [3.63, 3.8) is 0 Å². The molecule has 0 saturated heterocycles. The van der Waals surface area contributed by atoms with E-state index in [1.165, 1.54) is 15.9 Å². The Kier molecular flexibility index (Phi) is 8.79. The minimum atomic E-state index is -0.814. The van der Waals surface area contributed by atoms with Gasteiger partial charge in [-0.3, -0.25) is 9.36 Å². The molecule has 3 aromatic rings. The summed E-state index contributed by atoms with van der Waals surface area (Å²) >= 11 is 7.64. The number of halogens is 1. The maximum Gasteiger partial charge on any atom is 0.338 e. The van der Waals surface area contributed by atoms with Gasteiger partial charge in [0.15, 0.2) is 10.7 Å². The van der Waals surface area contributed by atoms with Crippen LogP contribution in [-0.2, 0) is 9.53 Å². The molecule has 4 rings (SSSR count). The predicted molar refractivity (Wildman–Crippen MR) is 150 cm³/mol. The van der Waals surface area contributed by atoms with Gasteiger partial charge in [0.1, 0.15) is 17.6 Å². The van der Waals surface area contributed by atoms with Crippen LogP contribution >= 0.6 is 22.9 Å². The molecule has 1 atom stereocenters. The van der Waals surface area contributed by atoms with E-state index in [2.05, 4.69) is 18.7 Å². The Labute approximate surface area is 230 Å². The molecular weight excluding hydrogens is 526 g/mol. The van der Waals surface area contributed by atoms with Crippen LogP contribution in [0, 0.1) is 0 Å². The van der Waals surface area contributed by atoms with Crippen LogP contribution in [0.5, 0.6) is 5.75 Å². The summed E-state index contributed by atoms with van der Waals surface area (Å²) in [5.41, 5.74) is 1.20. The molecule has 0 aliphatic carbocycles. The number of anilines is 1. The highest BCUT2D eigenvalue weighted by molar-refractivity contribution is 7.07. The van der Waals surface area contributed by atoms with Gasteiger partial charge in [-0.1, -0.05) is 36.3 Å². The summed E-state index contributed by atoms with van der Waals surface area (Å²) in [6.45, 7) is 9.69. The fourth-order valence-electron chi connectivity index (χ4n) is 4.59. The highest BCUT2D eigenvalue weighted by Crippen LogP contribution is 2.38. The number of hydrogen-bond acceptors (Lipinski definition) is 8. The number of ether oxygens (including phenoxy) is 2. The van der Waals surface area contributed by atoms with E-state index in [9.17, 15) is 9.59 Å². The first-order valence-corrected chi connectivity index (χ1v) is 14.0. The van der Waals surface area contributed by atoms with Gasteiger partial charge < -0.3 is 18.8 Å². The molecular formula is C28H32ClN3O5S. The number of aromatic nitrogens is 1. The lowest BCUT2D eigenvalue weighted by Gasteiger charge is -2.27. The van der Waals surface area contributed by atoms with Crippen molar-refractivity contribution < 1.29 is 18.7 Å². The van der Waals surface area contributed by atoms with E-state index >= 15 is 0 Å². The van der Waals surface area contributed by atoms with Gasteiger partial charge in [0.25, 0.3) is 5.56 Å². The molecule has 1 aliphatic heterocycles. The zero-order valence-electron chi connectivity index (χ0n) is 22.2. The molecule has 1 aromatic carbocycles. The molecule has 0 N–H and O–H groups in total. The van der Waals surface area contributed by atoms with Crippen molar-refractivity contribution in [2.24, 2.45) is 4.99 Å². The SMILES string of the molecule is CCCC1=C(C(=O)OCC)[C@H](c2cc(Cl)ccc2OC)n2c(s/c(=C/c3ccc(N(CC)CC)o3)c2=O)=N1. The van der Waals surface area contributed by atoms with Crippen molar-refractivity contribution in [2.75, 3.05) is 31.7 Å². The molecule has 2 aromatic heterocycles. The van der Waals surface area contributed by atoms with E-state index in [1.54, 1.807) is 38.3 Å².